The molecule has 0 aliphatic rings. The second-order valence-electron chi connectivity index (χ2n) is 8.24. The highest BCUT2D eigenvalue weighted by molar-refractivity contribution is 6.76. The summed E-state index contributed by atoms with van der Waals surface area (Å²) in [7, 11) is -1.04. The van der Waals surface area contributed by atoms with Gasteiger partial charge in [0.05, 0.1) is 0 Å². The maximum atomic E-state index is 4.41. The lowest BCUT2D eigenvalue weighted by Gasteiger charge is -2.32. The molecule has 0 nitrogen and oxygen atoms in total. The molecule has 0 aliphatic heterocycles. The van der Waals surface area contributed by atoms with Crippen LogP contribution in [0.1, 0.15) is 45.1 Å². The molecule has 1 atom stereocenters. The van der Waals surface area contributed by atoms with Crippen molar-refractivity contribution >= 4 is 8.07 Å². The van der Waals surface area contributed by atoms with Crippen molar-refractivity contribution in [3.63, 3.8) is 0 Å². The minimum atomic E-state index is -1.04. The number of rotatable bonds is 9. The van der Waals surface area contributed by atoms with Gasteiger partial charge >= 0.3 is 0 Å². The molecule has 0 spiro atoms. The SMILES string of the molecule is C=C(C[C@](C)(CCCC)Cc1ccccc1)C[Si](C)(C)C. The standard InChI is InChI=1S/C20H34Si/c1-7-8-14-20(3,15-18(2)17-21(4,5)6)16-19-12-10-9-11-13-19/h9-13H,2,7-8,14-17H2,1,3-6H3/t20-/m0/s1. The number of allylic oxidation sites excluding steroid dienone is 1. The molecule has 0 aromatic heterocycles. The van der Waals surface area contributed by atoms with E-state index in [-0.39, 0.29) is 0 Å². The minimum Gasteiger partial charge on any atom is -0.100 e. The van der Waals surface area contributed by atoms with E-state index in [1.54, 1.807) is 0 Å². The summed E-state index contributed by atoms with van der Waals surface area (Å²) in [5.41, 5.74) is 3.31. The minimum absolute atomic E-state index is 0.369. The first-order valence-corrected chi connectivity index (χ1v) is 12.2. The Morgan fingerprint density at radius 3 is 2.29 bits per heavy atom. The summed E-state index contributed by atoms with van der Waals surface area (Å²) in [5.74, 6) is 0. The van der Waals surface area contributed by atoms with E-state index in [4.69, 9.17) is 0 Å². The van der Waals surface area contributed by atoms with Crippen molar-refractivity contribution in [2.45, 2.75) is 71.6 Å². The smallest absolute Gasteiger partial charge is 0.0483 e. The Morgan fingerprint density at radius 1 is 1.14 bits per heavy atom. The summed E-state index contributed by atoms with van der Waals surface area (Å²) in [6, 6.07) is 12.2. The van der Waals surface area contributed by atoms with Gasteiger partial charge in [-0.05, 0) is 36.3 Å². The molecular weight excluding hydrogens is 268 g/mol. The van der Waals surface area contributed by atoms with E-state index in [0.717, 1.165) is 0 Å². The Morgan fingerprint density at radius 2 is 1.76 bits per heavy atom. The van der Waals surface area contributed by atoms with E-state index in [1.807, 2.05) is 0 Å². The van der Waals surface area contributed by atoms with Gasteiger partial charge in [-0.2, -0.15) is 0 Å². The molecule has 118 valence electrons. The lowest BCUT2D eigenvalue weighted by atomic mass is 9.75. The summed E-state index contributed by atoms with van der Waals surface area (Å²) in [6.45, 7) is 16.5. The monoisotopic (exact) mass is 302 g/mol. The van der Waals surface area contributed by atoms with Gasteiger partial charge in [-0.25, -0.2) is 0 Å². The van der Waals surface area contributed by atoms with E-state index in [9.17, 15) is 0 Å². The summed E-state index contributed by atoms with van der Waals surface area (Å²) >= 11 is 0. The van der Waals surface area contributed by atoms with E-state index in [1.165, 1.54) is 49.3 Å². The van der Waals surface area contributed by atoms with Crippen LogP contribution in [-0.4, -0.2) is 8.07 Å². The van der Waals surface area contributed by atoms with E-state index in [0.29, 0.717) is 5.41 Å². The zero-order valence-electron chi connectivity index (χ0n) is 14.8. The van der Waals surface area contributed by atoms with E-state index >= 15 is 0 Å². The Hall–Kier alpha value is -0.823. The topological polar surface area (TPSA) is 0 Å². The second kappa shape index (κ2) is 7.98. The van der Waals surface area contributed by atoms with Crippen molar-refractivity contribution in [2.75, 3.05) is 0 Å². The average molecular weight is 303 g/mol. The molecule has 1 rings (SSSR count). The Labute approximate surface area is 133 Å². The first-order chi connectivity index (χ1) is 9.74. The fourth-order valence-electron chi connectivity index (χ4n) is 3.35. The Kier molecular flexibility index (Phi) is 6.93. The number of benzene rings is 1. The van der Waals surface area contributed by atoms with Gasteiger partial charge in [0, 0.05) is 8.07 Å². The van der Waals surface area contributed by atoms with Gasteiger partial charge in [0.15, 0.2) is 0 Å². The van der Waals surface area contributed by atoms with Crippen LogP contribution in [0.3, 0.4) is 0 Å². The van der Waals surface area contributed by atoms with Crippen LogP contribution < -0.4 is 0 Å². The van der Waals surface area contributed by atoms with Crippen LogP contribution in [0.2, 0.25) is 25.7 Å². The molecular formula is C20H34Si. The zero-order valence-corrected chi connectivity index (χ0v) is 15.8. The normalized spacial score (nSPS) is 14.7. The van der Waals surface area contributed by atoms with E-state index < -0.39 is 8.07 Å². The lowest BCUT2D eigenvalue weighted by Crippen LogP contribution is -2.25. The molecule has 0 radical (unpaired) electrons. The predicted molar refractivity (Wildman–Crippen MR) is 99.7 cm³/mol. The largest absolute Gasteiger partial charge is 0.100 e. The van der Waals surface area contributed by atoms with Crippen molar-refractivity contribution in [3.05, 3.63) is 48.0 Å². The highest BCUT2D eigenvalue weighted by atomic mass is 28.3. The summed E-state index contributed by atoms with van der Waals surface area (Å²) in [5, 5.41) is 0. The number of unbranched alkanes of at least 4 members (excludes halogenated alkanes) is 1. The maximum absolute atomic E-state index is 4.41. The van der Waals surface area contributed by atoms with Crippen LogP contribution in [-0.2, 0) is 6.42 Å². The molecule has 0 heterocycles. The highest BCUT2D eigenvalue weighted by Crippen LogP contribution is 2.37. The highest BCUT2D eigenvalue weighted by Gasteiger charge is 2.26. The van der Waals surface area contributed by atoms with Crippen LogP contribution in [0.5, 0.6) is 0 Å². The summed E-state index contributed by atoms with van der Waals surface area (Å²) in [6.07, 6.45) is 6.28. The van der Waals surface area contributed by atoms with Crippen LogP contribution in [0.25, 0.3) is 0 Å². The maximum Gasteiger partial charge on any atom is 0.0483 e. The third-order valence-corrected chi connectivity index (χ3v) is 5.63. The molecule has 0 fully saturated rings. The number of hydrogen-bond donors (Lipinski definition) is 0. The third kappa shape index (κ3) is 7.66. The molecule has 1 aromatic rings. The summed E-state index contributed by atoms with van der Waals surface area (Å²) in [4.78, 5) is 0. The van der Waals surface area contributed by atoms with Gasteiger partial charge in [0.25, 0.3) is 0 Å². The van der Waals surface area contributed by atoms with Crippen molar-refractivity contribution in [2.24, 2.45) is 5.41 Å². The van der Waals surface area contributed by atoms with Crippen molar-refractivity contribution in [3.8, 4) is 0 Å². The van der Waals surface area contributed by atoms with E-state index in [2.05, 4.69) is 70.4 Å². The van der Waals surface area contributed by atoms with Crippen LogP contribution in [0.4, 0.5) is 0 Å². The molecule has 1 heteroatoms. The molecule has 0 aliphatic carbocycles. The van der Waals surface area contributed by atoms with Crippen LogP contribution in [0, 0.1) is 5.41 Å². The third-order valence-electron chi connectivity index (χ3n) is 4.06. The van der Waals surface area contributed by atoms with Crippen LogP contribution in [0.15, 0.2) is 42.5 Å². The van der Waals surface area contributed by atoms with Crippen molar-refractivity contribution < 1.29 is 0 Å². The van der Waals surface area contributed by atoms with Crippen molar-refractivity contribution in [1.29, 1.82) is 0 Å². The molecule has 0 saturated carbocycles. The average Bonchev–Trinajstić information content (AvgIpc) is 2.35. The van der Waals surface area contributed by atoms with Gasteiger partial charge < -0.3 is 0 Å². The second-order valence-corrected chi connectivity index (χ2v) is 13.7. The molecule has 0 bridgehead atoms. The predicted octanol–water partition coefficient (Wildman–Crippen LogP) is 6.71. The summed E-state index contributed by atoms with van der Waals surface area (Å²) < 4.78 is 0. The van der Waals surface area contributed by atoms with Gasteiger partial charge in [-0.3, -0.25) is 0 Å². The van der Waals surface area contributed by atoms with Gasteiger partial charge in [-0.1, -0.05) is 82.2 Å². The van der Waals surface area contributed by atoms with Gasteiger partial charge in [-0.15, -0.1) is 6.58 Å². The molecule has 0 N–H and O–H groups in total. The molecule has 0 saturated heterocycles. The first-order valence-electron chi connectivity index (χ1n) is 8.45. The lowest BCUT2D eigenvalue weighted by molar-refractivity contribution is 0.282. The van der Waals surface area contributed by atoms with Gasteiger partial charge in [0.1, 0.15) is 0 Å². The Balaban J connectivity index is 2.75. The molecule has 0 amide bonds. The quantitative estimate of drug-likeness (QED) is 0.351. The fourth-order valence-corrected chi connectivity index (χ4v) is 4.97. The molecule has 21 heavy (non-hydrogen) atoms. The number of hydrogen-bond acceptors (Lipinski definition) is 0. The van der Waals surface area contributed by atoms with Gasteiger partial charge in [0.2, 0.25) is 0 Å². The molecule has 0 unspecified atom stereocenters. The Bertz CT molecular complexity index is 427. The molecule has 1 aromatic carbocycles. The fraction of sp³-hybridized carbons (Fsp3) is 0.600. The first kappa shape index (κ1) is 18.2. The zero-order chi connectivity index (χ0) is 15.9. The van der Waals surface area contributed by atoms with Crippen LogP contribution >= 0.6 is 0 Å². The van der Waals surface area contributed by atoms with Crippen molar-refractivity contribution in [1.82, 2.24) is 0 Å².